The molecule has 0 bridgehead atoms. The quantitative estimate of drug-likeness (QED) is 0.677. The molecule has 1 nitrogen and oxygen atoms in total. The first-order chi connectivity index (χ1) is 6.24. The highest BCUT2D eigenvalue weighted by Gasteiger charge is 2.03. The molecule has 0 aliphatic rings. The number of hydrogen-bond acceptors (Lipinski definition) is 1. The van der Waals surface area contributed by atoms with Gasteiger partial charge >= 0.3 is 0 Å². The van der Waals surface area contributed by atoms with Crippen molar-refractivity contribution in [2.45, 2.75) is 6.54 Å². The molecule has 0 N–H and O–H groups in total. The van der Waals surface area contributed by atoms with Crippen molar-refractivity contribution in [2.75, 3.05) is 19.5 Å². The summed E-state index contributed by atoms with van der Waals surface area (Å²) in [5, 5.41) is 0. The maximum absolute atomic E-state index is 13.1. The van der Waals surface area contributed by atoms with Gasteiger partial charge in [-0.3, -0.25) is 0 Å². The van der Waals surface area contributed by atoms with Gasteiger partial charge in [0.1, 0.15) is 5.82 Å². The highest BCUT2D eigenvalue weighted by atomic mass is 35.5. The summed E-state index contributed by atoms with van der Waals surface area (Å²) >= 11 is 5.57. The van der Waals surface area contributed by atoms with E-state index in [9.17, 15) is 4.39 Å². The van der Waals surface area contributed by atoms with Gasteiger partial charge in [0.25, 0.3) is 0 Å². The van der Waals surface area contributed by atoms with Crippen LogP contribution in [0.1, 0.15) is 5.56 Å². The summed E-state index contributed by atoms with van der Waals surface area (Å²) < 4.78 is 13.1. The van der Waals surface area contributed by atoms with Crippen molar-refractivity contribution in [3.05, 3.63) is 35.6 Å². The minimum Gasteiger partial charge on any atom is -0.301 e. The van der Waals surface area contributed by atoms with Crippen molar-refractivity contribution in [3.63, 3.8) is 0 Å². The molecule has 0 aliphatic carbocycles. The van der Waals surface area contributed by atoms with Crippen molar-refractivity contribution >= 4 is 11.6 Å². The monoisotopic (exact) mass is 201 g/mol. The maximum atomic E-state index is 13.1. The normalized spacial score (nSPS) is 10.8. The molecular formula is C10H13ClFN. The van der Waals surface area contributed by atoms with Crippen LogP contribution >= 0.6 is 11.6 Å². The van der Waals surface area contributed by atoms with Gasteiger partial charge < -0.3 is 4.90 Å². The Morgan fingerprint density at radius 1 is 1.38 bits per heavy atom. The number of nitrogens with zero attached hydrogens (tertiary/aromatic N) is 1. The molecule has 3 heteroatoms. The van der Waals surface area contributed by atoms with Gasteiger partial charge in [0.15, 0.2) is 0 Å². The second-order valence-corrected chi connectivity index (χ2v) is 3.40. The lowest BCUT2D eigenvalue weighted by molar-refractivity contribution is 0.341. The number of rotatable bonds is 4. The summed E-state index contributed by atoms with van der Waals surface area (Å²) in [5.74, 6) is 0.425. The average Bonchev–Trinajstić information content (AvgIpc) is 2.09. The van der Waals surface area contributed by atoms with Gasteiger partial charge in [0.05, 0.1) is 0 Å². The molecule has 0 radical (unpaired) electrons. The van der Waals surface area contributed by atoms with E-state index in [0.717, 1.165) is 12.1 Å². The smallest absolute Gasteiger partial charge is 0.127 e. The minimum atomic E-state index is -0.149. The largest absolute Gasteiger partial charge is 0.301 e. The molecule has 0 saturated carbocycles. The predicted molar refractivity (Wildman–Crippen MR) is 53.5 cm³/mol. The molecule has 1 aromatic rings. The maximum Gasteiger partial charge on any atom is 0.127 e. The van der Waals surface area contributed by atoms with Crippen LogP contribution in [-0.4, -0.2) is 24.4 Å². The summed E-state index contributed by atoms with van der Waals surface area (Å²) in [7, 11) is 1.93. The van der Waals surface area contributed by atoms with Gasteiger partial charge in [-0.1, -0.05) is 18.2 Å². The first-order valence-corrected chi connectivity index (χ1v) is 4.75. The van der Waals surface area contributed by atoms with Gasteiger partial charge in [-0.15, -0.1) is 11.6 Å². The Hall–Kier alpha value is -0.600. The highest BCUT2D eigenvalue weighted by molar-refractivity contribution is 6.18. The van der Waals surface area contributed by atoms with Crippen LogP contribution < -0.4 is 0 Å². The second-order valence-electron chi connectivity index (χ2n) is 3.02. The van der Waals surface area contributed by atoms with E-state index >= 15 is 0 Å². The van der Waals surface area contributed by atoms with Crippen LogP contribution in [-0.2, 0) is 6.54 Å². The Morgan fingerprint density at radius 2 is 2.08 bits per heavy atom. The fourth-order valence-electron chi connectivity index (χ4n) is 1.14. The molecule has 0 spiro atoms. The standard InChI is InChI=1S/C10H13ClFN/c1-13(7-6-11)8-9-4-2-3-5-10(9)12/h2-5H,6-8H2,1H3. The molecule has 72 valence electrons. The number of alkyl halides is 1. The van der Waals surface area contributed by atoms with Gasteiger partial charge in [0.2, 0.25) is 0 Å². The van der Waals surface area contributed by atoms with Crippen molar-refractivity contribution in [1.29, 1.82) is 0 Å². The minimum absolute atomic E-state index is 0.149. The van der Waals surface area contributed by atoms with E-state index in [-0.39, 0.29) is 5.82 Å². The summed E-state index contributed by atoms with van der Waals surface area (Å²) in [6.07, 6.45) is 0. The zero-order valence-corrected chi connectivity index (χ0v) is 8.39. The third kappa shape index (κ3) is 3.33. The summed E-state index contributed by atoms with van der Waals surface area (Å²) in [6, 6.07) is 6.80. The lowest BCUT2D eigenvalue weighted by Crippen LogP contribution is -2.20. The first-order valence-electron chi connectivity index (χ1n) is 4.22. The predicted octanol–water partition coefficient (Wildman–Crippen LogP) is 2.50. The summed E-state index contributed by atoms with van der Waals surface area (Å²) in [6.45, 7) is 1.38. The Morgan fingerprint density at radius 3 is 2.69 bits per heavy atom. The van der Waals surface area contributed by atoms with Crippen molar-refractivity contribution in [1.82, 2.24) is 4.90 Å². The fraction of sp³-hybridized carbons (Fsp3) is 0.400. The molecule has 0 amide bonds. The van der Waals surface area contributed by atoms with E-state index in [1.165, 1.54) is 6.07 Å². The third-order valence-electron chi connectivity index (χ3n) is 1.86. The molecule has 1 rings (SSSR count). The lowest BCUT2D eigenvalue weighted by atomic mass is 10.2. The van der Waals surface area contributed by atoms with Crippen molar-refractivity contribution in [3.8, 4) is 0 Å². The van der Waals surface area contributed by atoms with Gasteiger partial charge in [-0.25, -0.2) is 4.39 Å². The van der Waals surface area contributed by atoms with Crippen LogP contribution in [0.3, 0.4) is 0 Å². The van der Waals surface area contributed by atoms with E-state index in [2.05, 4.69) is 0 Å². The zero-order chi connectivity index (χ0) is 9.68. The van der Waals surface area contributed by atoms with Crippen LogP contribution in [0.5, 0.6) is 0 Å². The molecule has 0 aliphatic heterocycles. The fourth-order valence-corrected chi connectivity index (χ4v) is 1.43. The van der Waals surface area contributed by atoms with Gasteiger partial charge in [0, 0.05) is 24.5 Å². The Balaban J connectivity index is 2.58. The number of hydrogen-bond donors (Lipinski definition) is 0. The van der Waals surface area contributed by atoms with E-state index in [0.29, 0.717) is 12.4 Å². The van der Waals surface area contributed by atoms with E-state index in [1.807, 2.05) is 18.0 Å². The second kappa shape index (κ2) is 5.20. The molecule has 0 unspecified atom stereocenters. The molecule has 1 aromatic carbocycles. The molecular weight excluding hydrogens is 189 g/mol. The van der Waals surface area contributed by atoms with Crippen LogP contribution in [0.15, 0.2) is 24.3 Å². The van der Waals surface area contributed by atoms with E-state index < -0.39 is 0 Å². The van der Waals surface area contributed by atoms with Crippen LogP contribution in [0.2, 0.25) is 0 Å². The molecule has 0 atom stereocenters. The zero-order valence-electron chi connectivity index (χ0n) is 7.63. The third-order valence-corrected chi connectivity index (χ3v) is 2.03. The van der Waals surface area contributed by atoms with Crippen LogP contribution in [0, 0.1) is 5.82 Å². The van der Waals surface area contributed by atoms with Crippen molar-refractivity contribution < 1.29 is 4.39 Å². The SMILES string of the molecule is CN(CCCl)Cc1ccccc1F. The number of halogens is 2. The van der Waals surface area contributed by atoms with E-state index in [1.54, 1.807) is 12.1 Å². The van der Waals surface area contributed by atoms with Gasteiger partial charge in [-0.2, -0.15) is 0 Å². The molecule has 13 heavy (non-hydrogen) atoms. The topological polar surface area (TPSA) is 3.24 Å². The van der Waals surface area contributed by atoms with Crippen LogP contribution in [0.25, 0.3) is 0 Å². The highest BCUT2D eigenvalue weighted by Crippen LogP contribution is 2.08. The average molecular weight is 202 g/mol. The molecule has 0 saturated heterocycles. The Labute approximate surface area is 83.1 Å². The summed E-state index contributed by atoms with van der Waals surface area (Å²) in [5.41, 5.74) is 0.718. The Kier molecular flexibility index (Phi) is 4.19. The molecule has 0 fully saturated rings. The molecule has 0 aromatic heterocycles. The Bertz CT molecular complexity index is 265. The lowest BCUT2D eigenvalue weighted by Gasteiger charge is -2.14. The first kappa shape index (κ1) is 10.5. The molecule has 0 heterocycles. The summed E-state index contributed by atoms with van der Waals surface area (Å²) in [4.78, 5) is 1.99. The van der Waals surface area contributed by atoms with Crippen LogP contribution in [0.4, 0.5) is 4.39 Å². The van der Waals surface area contributed by atoms with Crippen molar-refractivity contribution in [2.24, 2.45) is 0 Å². The van der Waals surface area contributed by atoms with E-state index in [4.69, 9.17) is 11.6 Å². The van der Waals surface area contributed by atoms with Gasteiger partial charge in [-0.05, 0) is 13.1 Å². The number of benzene rings is 1.